The normalized spacial score (nSPS) is 14.7. The van der Waals surface area contributed by atoms with Gasteiger partial charge in [0.2, 0.25) is 11.9 Å². The Bertz CT molecular complexity index is 1140. The highest BCUT2D eigenvalue weighted by Crippen LogP contribution is 2.34. The van der Waals surface area contributed by atoms with Crippen molar-refractivity contribution < 1.29 is 17.6 Å². The Hall–Kier alpha value is -3.08. The van der Waals surface area contributed by atoms with Gasteiger partial charge in [-0.15, -0.1) is 11.3 Å². The monoisotopic (exact) mass is 437 g/mol. The molecule has 6 nitrogen and oxygen atoms in total. The summed E-state index contributed by atoms with van der Waals surface area (Å²) in [6.07, 6.45) is 0.954. The number of rotatable bonds is 4. The quantitative estimate of drug-likeness (QED) is 0.461. The van der Waals surface area contributed by atoms with E-state index in [0.29, 0.717) is 35.7 Å². The Labute approximate surface area is 172 Å². The fourth-order valence-electron chi connectivity index (χ4n) is 3.07. The maximum absolute atomic E-state index is 13.0. The van der Waals surface area contributed by atoms with Gasteiger partial charge in [-0.3, -0.25) is 4.57 Å². The molecule has 4 heterocycles. The first-order valence-corrected chi connectivity index (χ1v) is 9.76. The van der Waals surface area contributed by atoms with Crippen molar-refractivity contribution in [1.82, 2.24) is 19.5 Å². The van der Waals surface area contributed by atoms with Gasteiger partial charge in [-0.1, -0.05) is 6.08 Å². The molecule has 0 radical (unpaired) electrons. The van der Waals surface area contributed by atoms with Gasteiger partial charge in [0.05, 0.1) is 6.54 Å². The zero-order chi connectivity index (χ0) is 21.3. The molecule has 0 spiro atoms. The van der Waals surface area contributed by atoms with Crippen molar-refractivity contribution in [2.75, 3.05) is 18.0 Å². The van der Waals surface area contributed by atoms with Crippen LogP contribution in [0.15, 0.2) is 47.7 Å². The summed E-state index contributed by atoms with van der Waals surface area (Å²) < 4.78 is 52.3. The number of thiophene rings is 1. The average Bonchev–Trinajstić information content (AvgIpc) is 3.20. The van der Waals surface area contributed by atoms with Gasteiger partial charge in [-0.25, -0.2) is 14.8 Å². The molecule has 3 aromatic rings. The van der Waals surface area contributed by atoms with Crippen molar-refractivity contribution >= 4 is 22.9 Å². The number of hydrogen-bond donors (Lipinski definition) is 0. The molecule has 0 saturated carbocycles. The predicted molar refractivity (Wildman–Crippen MR) is 104 cm³/mol. The standard InChI is InChI=1S/C19H15F4N5OS/c20-16-4-1-13(9-24-16)12-5-7-27(8-6-12)17-25-11-28(18(29)26-17)10-14-2-3-15(30-14)19(21,22)23/h1-5,9,11H,6-8,10H2. The minimum Gasteiger partial charge on any atom is -0.337 e. The van der Waals surface area contributed by atoms with E-state index >= 15 is 0 Å². The Balaban J connectivity index is 1.45. The van der Waals surface area contributed by atoms with E-state index in [4.69, 9.17) is 0 Å². The number of aromatic nitrogens is 4. The van der Waals surface area contributed by atoms with Gasteiger partial charge in [0.15, 0.2) is 0 Å². The van der Waals surface area contributed by atoms with Crippen LogP contribution in [0.4, 0.5) is 23.5 Å². The van der Waals surface area contributed by atoms with Crippen LogP contribution in [0.1, 0.15) is 21.7 Å². The van der Waals surface area contributed by atoms with E-state index in [9.17, 15) is 22.4 Å². The maximum Gasteiger partial charge on any atom is 0.425 e. The molecule has 1 aliphatic rings. The second-order valence-electron chi connectivity index (χ2n) is 6.63. The van der Waals surface area contributed by atoms with Crippen molar-refractivity contribution in [3.63, 3.8) is 0 Å². The summed E-state index contributed by atoms with van der Waals surface area (Å²) in [6.45, 7) is 1.00. The SMILES string of the molecule is O=c1nc(N2CC=C(c3ccc(F)nc3)CC2)ncn1Cc1ccc(C(F)(F)F)s1. The molecule has 0 N–H and O–H groups in total. The van der Waals surface area contributed by atoms with E-state index in [0.717, 1.165) is 17.2 Å². The molecular formula is C19H15F4N5OS. The summed E-state index contributed by atoms with van der Waals surface area (Å²) in [4.78, 5) is 25.6. The fourth-order valence-corrected chi connectivity index (χ4v) is 3.95. The largest absolute Gasteiger partial charge is 0.425 e. The van der Waals surface area contributed by atoms with Crippen LogP contribution in [-0.4, -0.2) is 32.6 Å². The van der Waals surface area contributed by atoms with E-state index in [1.165, 1.54) is 29.2 Å². The zero-order valence-electron chi connectivity index (χ0n) is 15.4. The molecule has 30 heavy (non-hydrogen) atoms. The smallest absolute Gasteiger partial charge is 0.337 e. The highest BCUT2D eigenvalue weighted by atomic mass is 32.1. The zero-order valence-corrected chi connectivity index (χ0v) is 16.3. The summed E-state index contributed by atoms with van der Waals surface area (Å²) >= 11 is 0.588. The lowest BCUT2D eigenvalue weighted by atomic mass is 10.0. The van der Waals surface area contributed by atoms with Crippen LogP contribution in [0.5, 0.6) is 0 Å². The number of hydrogen-bond acceptors (Lipinski definition) is 6. The van der Waals surface area contributed by atoms with Crippen LogP contribution < -0.4 is 10.6 Å². The van der Waals surface area contributed by atoms with Crippen molar-refractivity contribution in [2.24, 2.45) is 0 Å². The summed E-state index contributed by atoms with van der Waals surface area (Å²) in [5.74, 6) is -0.283. The average molecular weight is 437 g/mol. The molecule has 0 saturated heterocycles. The van der Waals surface area contributed by atoms with Crippen LogP contribution in [0.3, 0.4) is 0 Å². The lowest BCUT2D eigenvalue weighted by Crippen LogP contribution is -2.33. The molecule has 11 heteroatoms. The predicted octanol–water partition coefficient (Wildman–Crippen LogP) is 3.59. The first-order chi connectivity index (χ1) is 14.3. The molecule has 0 aliphatic carbocycles. The van der Waals surface area contributed by atoms with Crippen LogP contribution >= 0.6 is 11.3 Å². The fraction of sp³-hybridized carbons (Fsp3) is 0.263. The minimum absolute atomic E-state index is 0.0263. The molecule has 156 valence electrons. The third-order valence-corrected chi connectivity index (χ3v) is 5.73. The summed E-state index contributed by atoms with van der Waals surface area (Å²) in [6, 6.07) is 5.30. The first kappa shape index (κ1) is 20.2. The van der Waals surface area contributed by atoms with Gasteiger partial charge in [0, 0.05) is 24.2 Å². The molecule has 0 aromatic carbocycles. The highest BCUT2D eigenvalue weighted by Gasteiger charge is 2.32. The summed E-state index contributed by atoms with van der Waals surface area (Å²) in [7, 11) is 0. The lowest BCUT2D eigenvalue weighted by Gasteiger charge is -2.26. The summed E-state index contributed by atoms with van der Waals surface area (Å²) in [5, 5.41) is 0. The van der Waals surface area contributed by atoms with Gasteiger partial charge >= 0.3 is 11.9 Å². The number of halogens is 4. The van der Waals surface area contributed by atoms with Crippen molar-refractivity contribution in [2.45, 2.75) is 19.1 Å². The van der Waals surface area contributed by atoms with Gasteiger partial charge in [-0.05, 0) is 41.8 Å². The minimum atomic E-state index is -4.40. The van der Waals surface area contributed by atoms with Crippen LogP contribution in [0.2, 0.25) is 0 Å². The first-order valence-electron chi connectivity index (χ1n) is 8.95. The molecular weight excluding hydrogens is 422 g/mol. The molecule has 0 fully saturated rings. The van der Waals surface area contributed by atoms with E-state index < -0.39 is 22.7 Å². The number of alkyl halides is 3. The molecule has 0 unspecified atom stereocenters. The van der Waals surface area contributed by atoms with Gasteiger partial charge in [-0.2, -0.15) is 22.5 Å². The van der Waals surface area contributed by atoms with Crippen molar-refractivity contribution in [3.05, 3.63) is 74.6 Å². The van der Waals surface area contributed by atoms with Crippen molar-refractivity contribution in [1.29, 1.82) is 0 Å². The van der Waals surface area contributed by atoms with Gasteiger partial charge < -0.3 is 4.90 Å². The van der Waals surface area contributed by atoms with Gasteiger partial charge in [0.25, 0.3) is 0 Å². The Morgan fingerprint density at radius 3 is 2.57 bits per heavy atom. The van der Waals surface area contributed by atoms with E-state index in [1.54, 1.807) is 6.07 Å². The van der Waals surface area contributed by atoms with E-state index in [1.807, 2.05) is 11.0 Å². The van der Waals surface area contributed by atoms with Crippen LogP contribution in [-0.2, 0) is 12.7 Å². The second kappa shape index (κ2) is 7.98. The van der Waals surface area contributed by atoms with E-state index in [-0.39, 0.29) is 12.5 Å². The van der Waals surface area contributed by atoms with Crippen LogP contribution in [0, 0.1) is 5.95 Å². The Kier molecular flexibility index (Phi) is 5.37. The Morgan fingerprint density at radius 2 is 1.97 bits per heavy atom. The number of anilines is 1. The van der Waals surface area contributed by atoms with E-state index in [2.05, 4.69) is 15.0 Å². The highest BCUT2D eigenvalue weighted by molar-refractivity contribution is 7.12. The number of pyridine rings is 1. The maximum atomic E-state index is 13.0. The molecule has 1 aliphatic heterocycles. The third kappa shape index (κ3) is 4.40. The second-order valence-corrected chi connectivity index (χ2v) is 7.79. The molecule has 0 atom stereocenters. The third-order valence-electron chi connectivity index (χ3n) is 4.61. The topological polar surface area (TPSA) is 63.9 Å². The van der Waals surface area contributed by atoms with Crippen molar-refractivity contribution in [3.8, 4) is 0 Å². The van der Waals surface area contributed by atoms with Crippen LogP contribution in [0.25, 0.3) is 5.57 Å². The molecule has 0 amide bonds. The van der Waals surface area contributed by atoms with Gasteiger partial charge in [0.1, 0.15) is 11.2 Å². The molecule has 3 aromatic heterocycles. The summed E-state index contributed by atoms with van der Waals surface area (Å²) in [5.41, 5.74) is 1.27. The molecule has 4 rings (SSSR count). The number of nitrogens with zero attached hydrogens (tertiary/aromatic N) is 5. The Morgan fingerprint density at radius 1 is 1.13 bits per heavy atom. The lowest BCUT2D eigenvalue weighted by molar-refractivity contribution is -0.134. The molecule has 0 bridgehead atoms.